The summed E-state index contributed by atoms with van der Waals surface area (Å²) in [5.41, 5.74) is 1.60. The third kappa shape index (κ3) is 2.68. The molecule has 18 heavy (non-hydrogen) atoms. The van der Waals surface area contributed by atoms with Crippen LogP contribution in [-0.2, 0) is 6.54 Å². The van der Waals surface area contributed by atoms with Gasteiger partial charge in [-0.25, -0.2) is 0 Å². The van der Waals surface area contributed by atoms with Crippen molar-refractivity contribution in [2.24, 2.45) is 0 Å². The van der Waals surface area contributed by atoms with Crippen LogP contribution >= 0.6 is 0 Å². The Labute approximate surface area is 107 Å². The number of rotatable bonds is 4. The van der Waals surface area contributed by atoms with Crippen LogP contribution in [0, 0.1) is 11.3 Å². The van der Waals surface area contributed by atoms with Crippen LogP contribution in [0.15, 0.2) is 48.5 Å². The van der Waals surface area contributed by atoms with Crippen molar-refractivity contribution in [2.75, 3.05) is 7.05 Å². The van der Waals surface area contributed by atoms with E-state index < -0.39 is 0 Å². The molecule has 0 aromatic heterocycles. The van der Waals surface area contributed by atoms with Crippen LogP contribution in [0.5, 0.6) is 11.5 Å². The van der Waals surface area contributed by atoms with Gasteiger partial charge in [0.2, 0.25) is 0 Å². The van der Waals surface area contributed by atoms with Crippen LogP contribution in [0.4, 0.5) is 0 Å². The Morgan fingerprint density at radius 2 is 1.72 bits per heavy atom. The third-order valence-electron chi connectivity index (χ3n) is 2.57. The molecule has 0 unspecified atom stereocenters. The minimum absolute atomic E-state index is 0.539. The Hall–Kier alpha value is -2.31. The lowest BCUT2D eigenvalue weighted by Gasteiger charge is -2.11. The van der Waals surface area contributed by atoms with Gasteiger partial charge in [0, 0.05) is 12.1 Å². The first-order valence-corrected chi connectivity index (χ1v) is 5.74. The van der Waals surface area contributed by atoms with Crippen molar-refractivity contribution in [1.82, 2.24) is 5.32 Å². The highest BCUT2D eigenvalue weighted by Gasteiger charge is 2.06. The SMILES string of the molecule is CNCc1ccccc1Oc1ccccc1C#N. The fraction of sp³-hybridized carbons (Fsp3) is 0.133. The Morgan fingerprint density at radius 1 is 1.06 bits per heavy atom. The van der Waals surface area contributed by atoms with E-state index in [0.717, 1.165) is 17.9 Å². The van der Waals surface area contributed by atoms with E-state index in [2.05, 4.69) is 11.4 Å². The number of hydrogen-bond donors (Lipinski definition) is 1. The average Bonchev–Trinajstić information content (AvgIpc) is 2.42. The number of nitriles is 1. The van der Waals surface area contributed by atoms with Gasteiger partial charge < -0.3 is 10.1 Å². The van der Waals surface area contributed by atoms with Crippen LogP contribution in [0.3, 0.4) is 0 Å². The lowest BCUT2D eigenvalue weighted by molar-refractivity contribution is 0.473. The molecule has 0 aliphatic rings. The van der Waals surface area contributed by atoms with Gasteiger partial charge in [0.15, 0.2) is 0 Å². The van der Waals surface area contributed by atoms with Gasteiger partial charge in [-0.05, 0) is 25.2 Å². The molecule has 3 heteroatoms. The quantitative estimate of drug-likeness (QED) is 0.890. The lowest BCUT2D eigenvalue weighted by atomic mass is 10.2. The molecule has 2 rings (SSSR count). The molecular formula is C15H14N2O. The van der Waals surface area contributed by atoms with Gasteiger partial charge in [0.25, 0.3) is 0 Å². The van der Waals surface area contributed by atoms with Crippen LogP contribution in [0.1, 0.15) is 11.1 Å². The molecule has 0 aliphatic heterocycles. The zero-order chi connectivity index (χ0) is 12.8. The molecule has 1 N–H and O–H groups in total. The number of hydrogen-bond acceptors (Lipinski definition) is 3. The minimum Gasteiger partial charge on any atom is -0.456 e. The van der Waals surface area contributed by atoms with Crippen LogP contribution in [0.2, 0.25) is 0 Å². The summed E-state index contributed by atoms with van der Waals surface area (Å²) in [4.78, 5) is 0. The van der Waals surface area contributed by atoms with Crippen molar-refractivity contribution >= 4 is 0 Å². The first-order valence-electron chi connectivity index (χ1n) is 5.74. The summed E-state index contributed by atoms with van der Waals surface area (Å²) in [5, 5.41) is 12.1. The van der Waals surface area contributed by atoms with Crippen molar-refractivity contribution in [3.8, 4) is 17.6 Å². The fourth-order valence-electron chi connectivity index (χ4n) is 1.71. The maximum atomic E-state index is 9.03. The van der Waals surface area contributed by atoms with Gasteiger partial charge in [-0.1, -0.05) is 30.3 Å². The smallest absolute Gasteiger partial charge is 0.145 e. The molecule has 0 bridgehead atoms. The molecule has 0 fully saturated rings. The van der Waals surface area contributed by atoms with Gasteiger partial charge in [0.1, 0.15) is 17.6 Å². The maximum Gasteiger partial charge on any atom is 0.145 e. The molecule has 0 heterocycles. The summed E-state index contributed by atoms with van der Waals surface area (Å²) in [7, 11) is 1.89. The van der Waals surface area contributed by atoms with E-state index in [0.29, 0.717) is 11.3 Å². The average molecular weight is 238 g/mol. The highest BCUT2D eigenvalue weighted by Crippen LogP contribution is 2.27. The van der Waals surface area contributed by atoms with Crippen molar-refractivity contribution in [3.05, 3.63) is 59.7 Å². The van der Waals surface area contributed by atoms with Crippen molar-refractivity contribution in [2.45, 2.75) is 6.54 Å². The molecule has 0 radical (unpaired) electrons. The largest absolute Gasteiger partial charge is 0.456 e. The van der Waals surface area contributed by atoms with E-state index in [9.17, 15) is 0 Å². The van der Waals surface area contributed by atoms with E-state index in [4.69, 9.17) is 10.00 Å². The lowest BCUT2D eigenvalue weighted by Crippen LogP contribution is -2.06. The Morgan fingerprint density at radius 3 is 2.44 bits per heavy atom. The predicted molar refractivity (Wildman–Crippen MR) is 70.4 cm³/mol. The van der Waals surface area contributed by atoms with E-state index in [1.54, 1.807) is 12.1 Å². The highest BCUT2D eigenvalue weighted by atomic mass is 16.5. The number of para-hydroxylation sites is 2. The summed E-state index contributed by atoms with van der Waals surface area (Å²) in [5.74, 6) is 1.36. The Kier molecular flexibility index (Phi) is 3.95. The molecular weight excluding hydrogens is 224 g/mol. The molecule has 0 saturated carbocycles. The zero-order valence-corrected chi connectivity index (χ0v) is 10.2. The van der Waals surface area contributed by atoms with Crippen LogP contribution in [0.25, 0.3) is 0 Å². The van der Waals surface area contributed by atoms with Gasteiger partial charge in [-0.3, -0.25) is 0 Å². The van der Waals surface area contributed by atoms with Crippen LogP contribution in [-0.4, -0.2) is 7.05 Å². The maximum absolute atomic E-state index is 9.03. The molecule has 90 valence electrons. The van der Waals surface area contributed by atoms with E-state index in [1.807, 2.05) is 43.4 Å². The van der Waals surface area contributed by atoms with Crippen LogP contribution < -0.4 is 10.1 Å². The van der Waals surface area contributed by atoms with Crippen molar-refractivity contribution in [3.63, 3.8) is 0 Å². The second-order valence-electron chi connectivity index (χ2n) is 3.85. The Balaban J connectivity index is 2.31. The highest BCUT2D eigenvalue weighted by molar-refractivity contribution is 5.46. The summed E-state index contributed by atoms with van der Waals surface area (Å²) in [6, 6.07) is 17.1. The number of ether oxygens (including phenoxy) is 1. The summed E-state index contributed by atoms with van der Waals surface area (Å²) in [6.45, 7) is 0.727. The molecule has 2 aromatic carbocycles. The second kappa shape index (κ2) is 5.85. The minimum atomic E-state index is 0.539. The number of nitrogens with zero attached hydrogens (tertiary/aromatic N) is 1. The standard InChI is InChI=1S/C15H14N2O/c1-17-11-13-7-3-5-9-15(13)18-14-8-4-2-6-12(14)10-16/h2-9,17H,11H2,1H3. The number of benzene rings is 2. The summed E-state index contributed by atoms with van der Waals surface area (Å²) >= 11 is 0. The zero-order valence-electron chi connectivity index (χ0n) is 10.2. The Bertz CT molecular complexity index is 573. The summed E-state index contributed by atoms with van der Waals surface area (Å²) < 4.78 is 5.82. The first kappa shape index (κ1) is 12.2. The van der Waals surface area contributed by atoms with Crippen molar-refractivity contribution < 1.29 is 4.74 Å². The molecule has 0 spiro atoms. The molecule has 0 amide bonds. The second-order valence-corrected chi connectivity index (χ2v) is 3.85. The fourth-order valence-corrected chi connectivity index (χ4v) is 1.71. The van der Waals surface area contributed by atoms with Gasteiger partial charge in [-0.2, -0.15) is 5.26 Å². The van der Waals surface area contributed by atoms with Gasteiger partial charge in [0.05, 0.1) is 5.56 Å². The third-order valence-corrected chi connectivity index (χ3v) is 2.57. The monoisotopic (exact) mass is 238 g/mol. The summed E-state index contributed by atoms with van der Waals surface area (Å²) in [6.07, 6.45) is 0. The molecule has 3 nitrogen and oxygen atoms in total. The van der Waals surface area contributed by atoms with E-state index in [-0.39, 0.29) is 0 Å². The van der Waals surface area contributed by atoms with E-state index in [1.165, 1.54) is 0 Å². The van der Waals surface area contributed by atoms with Crippen molar-refractivity contribution in [1.29, 1.82) is 5.26 Å². The van der Waals surface area contributed by atoms with Gasteiger partial charge in [-0.15, -0.1) is 0 Å². The first-order chi connectivity index (χ1) is 8.85. The molecule has 0 aliphatic carbocycles. The van der Waals surface area contributed by atoms with Gasteiger partial charge >= 0.3 is 0 Å². The number of nitrogens with one attached hydrogen (secondary N) is 1. The molecule has 0 saturated heterocycles. The normalized spacial score (nSPS) is 9.78. The topological polar surface area (TPSA) is 45.0 Å². The molecule has 0 atom stereocenters. The molecule has 2 aromatic rings. The van der Waals surface area contributed by atoms with E-state index >= 15 is 0 Å². The predicted octanol–water partition coefficient (Wildman–Crippen LogP) is 3.07.